The molecule has 1 saturated heterocycles. The Balaban J connectivity index is 1.47. The molecule has 1 atom stereocenters. The predicted molar refractivity (Wildman–Crippen MR) is 117 cm³/mol. The number of amides is 2. The SMILES string of the molecule is Cc1nc(-c2cccc(NC(=O)C3CC(=O)N(c4ccc(C)c(C)c4)C3)c2)cs1. The molecule has 29 heavy (non-hydrogen) atoms. The summed E-state index contributed by atoms with van der Waals surface area (Å²) in [7, 11) is 0. The maximum Gasteiger partial charge on any atom is 0.229 e. The Hall–Kier alpha value is -2.99. The highest BCUT2D eigenvalue weighted by atomic mass is 32.1. The topological polar surface area (TPSA) is 62.3 Å². The lowest BCUT2D eigenvalue weighted by Crippen LogP contribution is -2.28. The molecule has 1 fully saturated rings. The third-order valence-electron chi connectivity index (χ3n) is 5.34. The summed E-state index contributed by atoms with van der Waals surface area (Å²) >= 11 is 1.60. The number of aryl methyl sites for hydroxylation is 3. The number of nitrogens with one attached hydrogen (secondary N) is 1. The number of benzene rings is 2. The third kappa shape index (κ3) is 4.07. The average molecular weight is 406 g/mol. The summed E-state index contributed by atoms with van der Waals surface area (Å²) < 4.78 is 0. The summed E-state index contributed by atoms with van der Waals surface area (Å²) in [6.07, 6.45) is 0.226. The molecule has 0 spiro atoms. The fourth-order valence-corrected chi connectivity index (χ4v) is 4.14. The van der Waals surface area contributed by atoms with Gasteiger partial charge in [-0.25, -0.2) is 4.98 Å². The van der Waals surface area contributed by atoms with Crippen molar-refractivity contribution in [1.82, 2.24) is 4.98 Å². The molecule has 1 aromatic heterocycles. The van der Waals surface area contributed by atoms with Crippen LogP contribution in [0.2, 0.25) is 0 Å². The molecule has 5 nitrogen and oxygen atoms in total. The van der Waals surface area contributed by atoms with Gasteiger partial charge in [0, 0.05) is 35.3 Å². The van der Waals surface area contributed by atoms with Gasteiger partial charge in [0.15, 0.2) is 0 Å². The van der Waals surface area contributed by atoms with Crippen LogP contribution in [0.15, 0.2) is 47.8 Å². The number of carbonyl (C=O) groups excluding carboxylic acids is 2. The molecule has 1 N–H and O–H groups in total. The molecule has 3 aromatic rings. The predicted octanol–water partition coefficient (Wildman–Crippen LogP) is 4.73. The fourth-order valence-electron chi connectivity index (χ4n) is 3.52. The van der Waals surface area contributed by atoms with Crippen LogP contribution in [0.4, 0.5) is 11.4 Å². The van der Waals surface area contributed by atoms with Gasteiger partial charge in [0.2, 0.25) is 11.8 Å². The van der Waals surface area contributed by atoms with Crippen molar-refractivity contribution in [2.24, 2.45) is 5.92 Å². The summed E-state index contributed by atoms with van der Waals surface area (Å²) in [4.78, 5) is 31.5. The van der Waals surface area contributed by atoms with Gasteiger partial charge < -0.3 is 10.2 Å². The Morgan fingerprint density at radius 3 is 2.69 bits per heavy atom. The molecular weight excluding hydrogens is 382 g/mol. The van der Waals surface area contributed by atoms with Gasteiger partial charge in [0.25, 0.3) is 0 Å². The van der Waals surface area contributed by atoms with E-state index in [1.807, 2.05) is 68.6 Å². The number of hydrogen-bond donors (Lipinski definition) is 1. The minimum atomic E-state index is -0.366. The lowest BCUT2D eigenvalue weighted by molar-refractivity contribution is -0.122. The van der Waals surface area contributed by atoms with Gasteiger partial charge >= 0.3 is 0 Å². The maximum absolute atomic E-state index is 12.8. The number of carbonyl (C=O) groups is 2. The molecule has 1 unspecified atom stereocenters. The number of thiazole rings is 1. The van der Waals surface area contributed by atoms with Gasteiger partial charge in [-0.2, -0.15) is 0 Å². The van der Waals surface area contributed by atoms with Gasteiger partial charge in [-0.15, -0.1) is 11.3 Å². The number of anilines is 2. The van der Waals surface area contributed by atoms with Crippen LogP contribution in [-0.2, 0) is 9.59 Å². The molecule has 148 valence electrons. The van der Waals surface area contributed by atoms with Gasteiger partial charge in [-0.3, -0.25) is 9.59 Å². The summed E-state index contributed by atoms with van der Waals surface area (Å²) in [5.74, 6) is -0.509. The third-order valence-corrected chi connectivity index (χ3v) is 6.12. The molecule has 4 rings (SSSR count). The minimum Gasteiger partial charge on any atom is -0.326 e. The van der Waals surface area contributed by atoms with Gasteiger partial charge in [0.1, 0.15) is 0 Å². The van der Waals surface area contributed by atoms with E-state index in [-0.39, 0.29) is 24.2 Å². The first-order valence-electron chi connectivity index (χ1n) is 9.62. The largest absolute Gasteiger partial charge is 0.326 e. The van der Waals surface area contributed by atoms with Crippen LogP contribution in [0.25, 0.3) is 11.3 Å². The van der Waals surface area contributed by atoms with E-state index in [0.717, 1.165) is 33.2 Å². The molecule has 2 amide bonds. The van der Waals surface area contributed by atoms with E-state index in [1.54, 1.807) is 16.2 Å². The monoisotopic (exact) mass is 405 g/mol. The maximum atomic E-state index is 12.8. The molecule has 2 heterocycles. The first-order valence-corrected chi connectivity index (χ1v) is 10.5. The van der Waals surface area contributed by atoms with Crippen LogP contribution in [0, 0.1) is 26.7 Å². The van der Waals surface area contributed by atoms with E-state index in [4.69, 9.17) is 0 Å². The average Bonchev–Trinajstić information content (AvgIpc) is 3.30. The molecule has 0 radical (unpaired) electrons. The number of hydrogen-bond acceptors (Lipinski definition) is 4. The Bertz CT molecular complexity index is 1090. The van der Waals surface area contributed by atoms with Gasteiger partial charge in [-0.05, 0) is 56.2 Å². The van der Waals surface area contributed by atoms with Crippen LogP contribution >= 0.6 is 11.3 Å². The Kier molecular flexibility index (Phi) is 5.20. The number of nitrogens with zero attached hydrogens (tertiary/aromatic N) is 2. The second kappa shape index (κ2) is 7.79. The quantitative estimate of drug-likeness (QED) is 0.683. The van der Waals surface area contributed by atoms with Gasteiger partial charge in [0.05, 0.1) is 16.6 Å². The molecule has 1 aliphatic rings. The van der Waals surface area contributed by atoms with Crippen LogP contribution in [-0.4, -0.2) is 23.3 Å². The van der Waals surface area contributed by atoms with Crippen molar-refractivity contribution in [3.63, 3.8) is 0 Å². The van der Waals surface area contributed by atoms with Crippen molar-refractivity contribution in [2.45, 2.75) is 27.2 Å². The van der Waals surface area contributed by atoms with Crippen molar-refractivity contribution >= 4 is 34.5 Å². The molecular formula is C23H23N3O2S. The number of aromatic nitrogens is 1. The van der Waals surface area contributed by atoms with Gasteiger partial charge in [-0.1, -0.05) is 18.2 Å². The van der Waals surface area contributed by atoms with Crippen molar-refractivity contribution in [2.75, 3.05) is 16.8 Å². The fraction of sp³-hybridized carbons (Fsp3) is 0.261. The summed E-state index contributed by atoms with van der Waals surface area (Å²) in [5.41, 5.74) is 5.76. The van der Waals surface area contributed by atoms with E-state index in [0.29, 0.717) is 6.54 Å². The molecule has 0 bridgehead atoms. The van der Waals surface area contributed by atoms with Crippen LogP contribution < -0.4 is 10.2 Å². The molecule has 0 saturated carbocycles. The standard InChI is InChI=1S/C23H23N3O2S/c1-14-7-8-20(9-15(14)2)26-12-18(11-22(26)27)23(28)25-19-6-4-5-17(10-19)21-13-29-16(3)24-21/h4-10,13,18H,11-12H2,1-3H3,(H,25,28). The minimum absolute atomic E-state index is 0.0138. The van der Waals surface area contributed by atoms with E-state index >= 15 is 0 Å². The second-order valence-electron chi connectivity index (χ2n) is 7.50. The first-order chi connectivity index (χ1) is 13.9. The molecule has 2 aromatic carbocycles. The number of rotatable bonds is 4. The molecule has 0 aliphatic carbocycles. The van der Waals surface area contributed by atoms with Crippen molar-refractivity contribution in [1.29, 1.82) is 0 Å². The molecule has 6 heteroatoms. The Morgan fingerprint density at radius 2 is 1.97 bits per heavy atom. The normalized spacial score (nSPS) is 16.3. The van der Waals surface area contributed by atoms with Crippen LogP contribution in [0.1, 0.15) is 22.6 Å². The zero-order valence-electron chi connectivity index (χ0n) is 16.7. The highest BCUT2D eigenvalue weighted by Gasteiger charge is 2.35. The Morgan fingerprint density at radius 1 is 1.14 bits per heavy atom. The van der Waals surface area contributed by atoms with E-state index in [9.17, 15) is 9.59 Å². The zero-order valence-corrected chi connectivity index (χ0v) is 17.5. The first kappa shape index (κ1) is 19.3. The summed E-state index contributed by atoms with van der Waals surface area (Å²) in [6, 6.07) is 13.6. The summed E-state index contributed by atoms with van der Waals surface area (Å²) in [5, 5.41) is 5.98. The second-order valence-corrected chi connectivity index (χ2v) is 8.56. The van der Waals surface area contributed by atoms with E-state index < -0.39 is 0 Å². The van der Waals surface area contributed by atoms with E-state index in [2.05, 4.69) is 10.3 Å². The van der Waals surface area contributed by atoms with E-state index in [1.165, 1.54) is 5.56 Å². The smallest absolute Gasteiger partial charge is 0.229 e. The van der Waals surface area contributed by atoms with Crippen molar-refractivity contribution in [3.8, 4) is 11.3 Å². The lowest BCUT2D eigenvalue weighted by Gasteiger charge is -2.18. The zero-order chi connectivity index (χ0) is 20.5. The van der Waals surface area contributed by atoms with Crippen LogP contribution in [0.5, 0.6) is 0 Å². The highest BCUT2D eigenvalue weighted by molar-refractivity contribution is 7.09. The highest BCUT2D eigenvalue weighted by Crippen LogP contribution is 2.28. The molecule has 1 aliphatic heterocycles. The lowest BCUT2D eigenvalue weighted by atomic mass is 10.1. The van der Waals surface area contributed by atoms with Crippen molar-refractivity contribution < 1.29 is 9.59 Å². The van der Waals surface area contributed by atoms with Crippen molar-refractivity contribution in [3.05, 3.63) is 64.0 Å². The van der Waals surface area contributed by atoms with Crippen LogP contribution in [0.3, 0.4) is 0 Å². The Labute approximate surface area is 174 Å². The summed E-state index contributed by atoms with van der Waals surface area (Å²) in [6.45, 7) is 6.44.